The number of rotatable bonds is 3. The van der Waals surface area contributed by atoms with E-state index in [4.69, 9.17) is 0 Å². The van der Waals surface area contributed by atoms with E-state index >= 15 is 0 Å². The molecule has 0 amide bonds. The summed E-state index contributed by atoms with van der Waals surface area (Å²) >= 11 is 0. The van der Waals surface area contributed by atoms with Crippen molar-refractivity contribution in [1.82, 2.24) is 0 Å². The first-order valence-electron chi connectivity index (χ1n) is 8.79. The second kappa shape index (κ2) is 8.87. The van der Waals surface area contributed by atoms with Crippen LogP contribution in [0, 0.1) is 0 Å². The largest absolute Gasteiger partial charge is 0.507 e. The first-order chi connectivity index (χ1) is 12.7. The van der Waals surface area contributed by atoms with E-state index in [1.807, 2.05) is 42.5 Å². The van der Waals surface area contributed by atoms with Gasteiger partial charge in [0, 0.05) is 18.1 Å². The van der Waals surface area contributed by atoms with Gasteiger partial charge in [0.25, 0.3) is 0 Å². The van der Waals surface area contributed by atoms with Crippen molar-refractivity contribution in [2.45, 2.75) is 19.8 Å². The van der Waals surface area contributed by atoms with Gasteiger partial charge < -0.3 is 5.11 Å². The van der Waals surface area contributed by atoms with Crippen LogP contribution >= 0.6 is 0 Å². The van der Waals surface area contributed by atoms with Crippen molar-refractivity contribution in [3.63, 3.8) is 0 Å². The Hall–Kier alpha value is -2.59. The molecule has 0 fully saturated rings. The molecule has 142 valence electrons. The minimum absolute atomic E-state index is 0.342. The first-order valence-corrected chi connectivity index (χ1v) is 11.1. The zero-order valence-electron chi connectivity index (χ0n) is 16.2. The molecule has 3 nitrogen and oxygen atoms in total. The van der Waals surface area contributed by atoms with Gasteiger partial charge in [-0.05, 0) is 40.3 Å². The maximum atomic E-state index is 10.5. The summed E-state index contributed by atoms with van der Waals surface area (Å²) in [5, 5.41) is 10.5. The van der Waals surface area contributed by atoms with Crippen LogP contribution in [0.4, 0.5) is 0 Å². The van der Waals surface area contributed by atoms with Gasteiger partial charge in [-0.15, -0.1) is 0 Å². The number of hydrogen-bond donors (Lipinski definition) is 1. The Morgan fingerprint density at radius 2 is 1.15 bits per heavy atom. The average Bonchev–Trinajstić information content (AvgIpc) is 2.61. The molecule has 0 radical (unpaired) electrons. The summed E-state index contributed by atoms with van der Waals surface area (Å²) in [5.74, 6) is 0.695. The normalized spacial score (nSPS) is 11.0. The summed E-state index contributed by atoms with van der Waals surface area (Å²) in [7, 11) is -2.67. The fourth-order valence-corrected chi connectivity index (χ4v) is 2.80. The zero-order valence-corrected chi connectivity index (χ0v) is 17.0. The Kier molecular flexibility index (Phi) is 6.81. The van der Waals surface area contributed by atoms with E-state index in [9.17, 15) is 13.5 Å². The van der Waals surface area contributed by atoms with E-state index in [0.717, 1.165) is 23.6 Å². The molecule has 4 heteroatoms. The first kappa shape index (κ1) is 20.7. The van der Waals surface area contributed by atoms with E-state index in [1.165, 1.54) is 16.7 Å². The van der Waals surface area contributed by atoms with Gasteiger partial charge in [0.05, 0.1) is 0 Å². The second-order valence-electron chi connectivity index (χ2n) is 6.99. The lowest BCUT2D eigenvalue weighted by molar-refractivity contribution is 0.476. The van der Waals surface area contributed by atoms with Crippen molar-refractivity contribution in [2.24, 2.45) is 0 Å². The van der Waals surface area contributed by atoms with Gasteiger partial charge in [-0.3, -0.25) is 0 Å². The average molecular weight is 383 g/mol. The molecule has 0 heterocycles. The molecule has 0 saturated carbocycles. The summed E-state index contributed by atoms with van der Waals surface area (Å²) in [5.41, 5.74) is 5.45. The Morgan fingerprint density at radius 1 is 0.741 bits per heavy atom. The molecule has 0 bridgehead atoms. The number of phenols is 1. The Bertz CT molecular complexity index is 969. The van der Waals surface area contributed by atoms with Crippen LogP contribution in [0.15, 0.2) is 72.8 Å². The molecule has 0 aromatic heterocycles. The van der Waals surface area contributed by atoms with Gasteiger partial charge in [-0.2, -0.15) is 0 Å². The molecule has 0 unspecified atom stereocenters. The molecule has 3 aromatic rings. The number of aromatic hydroxyl groups is 1. The van der Waals surface area contributed by atoms with Gasteiger partial charge in [0.2, 0.25) is 0 Å². The fraction of sp³-hybridized carbons (Fsp3) is 0.217. The molecule has 1 N–H and O–H groups in total. The van der Waals surface area contributed by atoms with Crippen LogP contribution in [0.5, 0.6) is 5.75 Å². The van der Waals surface area contributed by atoms with Gasteiger partial charge >= 0.3 is 0 Å². The fourth-order valence-electron chi connectivity index (χ4n) is 2.80. The van der Waals surface area contributed by atoms with Crippen LogP contribution in [-0.2, 0) is 9.84 Å². The molecule has 0 aliphatic rings. The number of hydrogen-bond acceptors (Lipinski definition) is 3. The van der Waals surface area contributed by atoms with Crippen LogP contribution in [0.3, 0.4) is 0 Å². The highest BCUT2D eigenvalue weighted by atomic mass is 32.2. The van der Waals surface area contributed by atoms with Gasteiger partial charge in [0.15, 0.2) is 0 Å². The second-order valence-corrected chi connectivity index (χ2v) is 9.27. The number of benzene rings is 3. The minimum Gasteiger partial charge on any atom is -0.507 e. The van der Waals surface area contributed by atoms with E-state index < -0.39 is 9.84 Å². The highest BCUT2D eigenvalue weighted by molar-refractivity contribution is 7.89. The molecule has 3 rings (SSSR count). The highest BCUT2D eigenvalue weighted by Crippen LogP contribution is 2.38. The topological polar surface area (TPSA) is 54.4 Å². The Balaban J connectivity index is 0.000000465. The van der Waals surface area contributed by atoms with E-state index in [0.29, 0.717) is 11.7 Å². The lowest BCUT2D eigenvalue weighted by atomic mass is 9.89. The monoisotopic (exact) mass is 382 g/mol. The Labute approximate surface area is 162 Å². The third kappa shape index (κ3) is 6.26. The lowest BCUT2D eigenvalue weighted by Gasteiger charge is -2.17. The molecular weight excluding hydrogens is 356 g/mol. The maximum absolute atomic E-state index is 10.5. The molecule has 3 aromatic carbocycles. The van der Waals surface area contributed by atoms with E-state index in [2.05, 4.69) is 44.2 Å². The summed E-state index contributed by atoms with van der Waals surface area (Å²) < 4.78 is 19.3. The van der Waals surface area contributed by atoms with Crippen LogP contribution in [0.2, 0.25) is 0 Å². The standard InChI is InChI=1S/C21H20O.C2H6O2S/c1-15(2)18-14-21(22)20(17-11-7-4-8-12-17)13-19(18)16-9-5-3-6-10-16;1-5(2,3)4/h3-15,22H,1-2H3;1-2H3. The summed E-state index contributed by atoms with van der Waals surface area (Å²) in [6.07, 6.45) is 2.32. The predicted molar refractivity (Wildman–Crippen MR) is 114 cm³/mol. The van der Waals surface area contributed by atoms with Crippen LogP contribution in [0.25, 0.3) is 22.3 Å². The van der Waals surface area contributed by atoms with Crippen LogP contribution in [-0.4, -0.2) is 26.0 Å². The molecule has 0 atom stereocenters. The molecule has 0 saturated heterocycles. The third-order valence-corrected chi connectivity index (χ3v) is 3.96. The van der Waals surface area contributed by atoms with Crippen molar-refractivity contribution in [3.8, 4) is 28.0 Å². The maximum Gasteiger partial charge on any atom is 0.144 e. The van der Waals surface area contributed by atoms with Crippen molar-refractivity contribution >= 4 is 9.84 Å². The van der Waals surface area contributed by atoms with Crippen molar-refractivity contribution in [2.75, 3.05) is 12.5 Å². The van der Waals surface area contributed by atoms with Gasteiger partial charge in [-0.1, -0.05) is 74.5 Å². The summed E-state index contributed by atoms with van der Waals surface area (Å²) in [6.45, 7) is 4.31. The molecule has 0 spiro atoms. The molecule has 27 heavy (non-hydrogen) atoms. The van der Waals surface area contributed by atoms with Crippen LogP contribution in [0.1, 0.15) is 25.3 Å². The molecule has 0 aliphatic carbocycles. The van der Waals surface area contributed by atoms with E-state index in [-0.39, 0.29) is 0 Å². The lowest BCUT2D eigenvalue weighted by Crippen LogP contribution is -1.94. The summed E-state index contributed by atoms with van der Waals surface area (Å²) in [6, 6.07) is 24.4. The van der Waals surface area contributed by atoms with Crippen molar-refractivity contribution in [1.29, 1.82) is 0 Å². The minimum atomic E-state index is -2.67. The SMILES string of the molecule is CC(C)c1cc(O)c(-c2ccccc2)cc1-c1ccccc1.CS(C)(=O)=O. The van der Waals surface area contributed by atoms with E-state index in [1.54, 1.807) is 0 Å². The molecular formula is C23H26O3S. The van der Waals surface area contributed by atoms with Gasteiger partial charge in [0.1, 0.15) is 15.6 Å². The molecule has 0 aliphatic heterocycles. The predicted octanol–water partition coefficient (Wildman–Crippen LogP) is 5.51. The number of phenolic OH excluding ortho intramolecular Hbond substituents is 1. The Morgan fingerprint density at radius 3 is 1.56 bits per heavy atom. The van der Waals surface area contributed by atoms with Crippen molar-refractivity contribution in [3.05, 3.63) is 78.4 Å². The highest BCUT2D eigenvalue weighted by Gasteiger charge is 2.14. The summed E-state index contributed by atoms with van der Waals surface area (Å²) in [4.78, 5) is 0. The van der Waals surface area contributed by atoms with Gasteiger partial charge in [-0.25, -0.2) is 8.42 Å². The zero-order chi connectivity index (χ0) is 20.0. The number of sulfone groups is 1. The van der Waals surface area contributed by atoms with Crippen LogP contribution < -0.4 is 0 Å². The third-order valence-electron chi connectivity index (χ3n) is 3.96. The smallest absolute Gasteiger partial charge is 0.144 e. The quantitative estimate of drug-likeness (QED) is 0.650. The van der Waals surface area contributed by atoms with Crippen molar-refractivity contribution < 1.29 is 13.5 Å².